The second-order valence-corrected chi connectivity index (χ2v) is 5.96. The summed E-state index contributed by atoms with van der Waals surface area (Å²) in [4.78, 5) is 11.4. The minimum absolute atomic E-state index is 0.394. The van der Waals surface area contributed by atoms with Crippen LogP contribution in [0.3, 0.4) is 0 Å². The van der Waals surface area contributed by atoms with Gasteiger partial charge in [-0.25, -0.2) is 0 Å². The largest absolute Gasteiger partial charge is 0.480 e. The van der Waals surface area contributed by atoms with E-state index in [9.17, 15) is 9.90 Å². The van der Waals surface area contributed by atoms with Gasteiger partial charge in [-0.05, 0) is 37.9 Å². The molecule has 0 spiro atoms. The van der Waals surface area contributed by atoms with Crippen LogP contribution >= 0.6 is 11.8 Å². The molecule has 18 heavy (non-hydrogen) atoms. The van der Waals surface area contributed by atoms with Crippen molar-refractivity contribution in [1.29, 1.82) is 0 Å². The lowest BCUT2D eigenvalue weighted by molar-refractivity contribution is -0.144. The van der Waals surface area contributed by atoms with Crippen LogP contribution in [0.1, 0.15) is 31.9 Å². The van der Waals surface area contributed by atoms with Gasteiger partial charge < -0.3 is 14.8 Å². The summed E-state index contributed by atoms with van der Waals surface area (Å²) in [7, 11) is 0. The minimum atomic E-state index is -0.717. The average molecular weight is 269 g/mol. The standard InChI is InChI=1S/C13H19NO3S/c1-2-14-13(12(15)16)6-5-11(8-13)18-9-10-4-3-7-17-10/h3-4,7,11,14H,2,5-6,8-9H2,1H3,(H,15,16). The van der Waals surface area contributed by atoms with Crippen LogP contribution in [0.5, 0.6) is 0 Å². The number of furan rings is 1. The van der Waals surface area contributed by atoms with Gasteiger partial charge in [0, 0.05) is 5.25 Å². The van der Waals surface area contributed by atoms with Crippen molar-refractivity contribution in [3.05, 3.63) is 24.2 Å². The average Bonchev–Trinajstić information content (AvgIpc) is 2.96. The number of thioether (sulfide) groups is 1. The van der Waals surface area contributed by atoms with Crippen LogP contribution in [-0.2, 0) is 10.5 Å². The predicted molar refractivity (Wildman–Crippen MR) is 71.7 cm³/mol. The van der Waals surface area contributed by atoms with Crippen LogP contribution in [0.4, 0.5) is 0 Å². The summed E-state index contributed by atoms with van der Waals surface area (Å²) in [6.45, 7) is 2.65. The van der Waals surface area contributed by atoms with Crippen molar-refractivity contribution in [1.82, 2.24) is 5.32 Å². The van der Waals surface area contributed by atoms with Gasteiger partial charge in [-0.15, -0.1) is 0 Å². The normalized spacial score (nSPS) is 27.5. The fraction of sp³-hybridized carbons (Fsp3) is 0.615. The third-order valence-corrected chi connectivity index (χ3v) is 4.76. The summed E-state index contributed by atoms with van der Waals surface area (Å²) in [5.74, 6) is 1.06. The Morgan fingerprint density at radius 1 is 1.72 bits per heavy atom. The van der Waals surface area contributed by atoms with E-state index in [2.05, 4.69) is 5.32 Å². The number of carboxylic acid groups (broad SMARTS) is 1. The van der Waals surface area contributed by atoms with E-state index in [1.165, 1.54) is 0 Å². The zero-order valence-electron chi connectivity index (χ0n) is 10.5. The lowest BCUT2D eigenvalue weighted by Crippen LogP contribution is -2.50. The van der Waals surface area contributed by atoms with Gasteiger partial charge in [0.2, 0.25) is 0 Å². The van der Waals surface area contributed by atoms with E-state index in [4.69, 9.17) is 4.42 Å². The van der Waals surface area contributed by atoms with Crippen LogP contribution in [-0.4, -0.2) is 28.4 Å². The molecular formula is C13H19NO3S. The molecule has 0 saturated heterocycles. The number of hydrogen-bond donors (Lipinski definition) is 2. The molecule has 2 N–H and O–H groups in total. The molecule has 0 aromatic carbocycles. The molecule has 1 aromatic heterocycles. The van der Waals surface area contributed by atoms with Crippen molar-refractivity contribution < 1.29 is 14.3 Å². The Bertz CT molecular complexity index is 393. The molecule has 0 radical (unpaired) electrons. The lowest BCUT2D eigenvalue weighted by Gasteiger charge is -2.25. The molecule has 2 unspecified atom stereocenters. The first-order valence-electron chi connectivity index (χ1n) is 6.29. The zero-order chi connectivity index (χ0) is 13.0. The molecule has 0 amide bonds. The highest BCUT2D eigenvalue weighted by molar-refractivity contribution is 7.99. The molecule has 1 aliphatic rings. The Labute approximate surface area is 111 Å². The Kier molecular flexibility index (Phi) is 4.35. The van der Waals surface area contributed by atoms with Crippen LogP contribution in [0.15, 0.2) is 22.8 Å². The number of nitrogens with one attached hydrogen (secondary N) is 1. The first kappa shape index (κ1) is 13.5. The van der Waals surface area contributed by atoms with E-state index in [0.717, 1.165) is 17.9 Å². The van der Waals surface area contributed by atoms with Crippen molar-refractivity contribution in [2.45, 2.75) is 42.7 Å². The van der Waals surface area contributed by atoms with E-state index < -0.39 is 11.5 Å². The Balaban J connectivity index is 1.88. The molecular weight excluding hydrogens is 250 g/mol. The Morgan fingerprint density at radius 3 is 3.17 bits per heavy atom. The number of hydrogen-bond acceptors (Lipinski definition) is 4. The third kappa shape index (κ3) is 2.90. The van der Waals surface area contributed by atoms with Crippen molar-refractivity contribution in [2.75, 3.05) is 6.54 Å². The van der Waals surface area contributed by atoms with Crippen LogP contribution in [0.2, 0.25) is 0 Å². The molecule has 1 saturated carbocycles. The summed E-state index contributed by atoms with van der Waals surface area (Å²) in [6.07, 6.45) is 4.03. The lowest BCUT2D eigenvalue weighted by atomic mass is 9.98. The Hall–Kier alpha value is -0.940. The summed E-state index contributed by atoms with van der Waals surface area (Å²) >= 11 is 1.79. The highest BCUT2D eigenvalue weighted by Gasteiger charge is 2.44. The highest BCUT2D eigenvalue weighted by atomic mass is 32.2. The maximum absolute atomic E-state index is 11.4. The highest BCUT2D eigenvalue weighted by Crippen LogP contribution is 2.38. The molecule has 0 aliphatic heterocycles. The smallest absolute Gasteiger partial charge is 0.323 e. The topological polar surface area (TPSA) is 62.5 Å². The van der Waals surface area contributed by atoms with Gasteiger partial charge in [0.25, 0.3) is 0 Å². The summed E-state index contributed by atoms with van der Waals surface area (Å²) in [5, 5.41) is 12.9. The maximum atomic E-state index is 11.4. The maximum Gasteiger partial charge on any atom is 0.323 e. The number of carbonyl (C=O) groups is 1. The zero-order valence-corrected chi connectivity index (χ0v) is 11.3. The minimum Gasteiger partial charge on any atom is -0.480 e. The van der Waals surface area contributed by atoms with Gasteiger partial charge in [-0.3, -0.25) is 4.79 Å². The SMILES string of the molecule is CCNC1(C(=O)O)CCC(SCc2ccco2)C1. The van der Waals surface area contributed by atoms with Crippen molar-refractivity contribution in [2.24, 2.45) is 0 Å². The molecule has 1 heterocycles. The quantitative estimate of drug-likeness (QED) is 0.831. The molecule has 1 aromatic rings. The second kappa shape index (κ2) is 5.80. The van der Waals surface area contributed by atoms with E-state index in [-0.39, 0.29) is 0 Å². The number of carboxylic acids is 1. The van der Waals surface area contributed by atoms with Gasteiger partial charge >= 0.3 is 5.97 Å². The number of likely N-dealkylation sites (N-methyl/N-ethyl adjacent to an activating group) is 1. The predicted octanol–water partition coefficient (Wildman–Crippen LogP) is 2.50. The molecule has 100 valence electrons. The van der Waals surface area contributed by atoms with Gasteiger partial charge in [-0.1, -0.05) is 6.92 Å². The summed E-state index contributed by atoms with van der Waals surface area (Å²) in [6, 6.07) is 3.83. The van der Waals surface area contributed by atoms with Gasteiger partial charge in [0.05, 0.1) is 12.0 Å². The fourth-order valence-electron chi connectivity index (χ4n) is 2.51. The van der Waals surface area contributed by atoms with E-state index in [0.29, 0.717) is 24.6 Å². The first-order valence-corrected chi connectivity index (χ1v) is 7.33. The number of rotatable bonds is 6. The number of aliphatic carboxylic acids is 1. The fourth-order valence-corrected chi connectivity index (χ4v) is 3.76. The van der Waals surface area contributed by atoms with Crippen molar-refractivity contribution in [3.63, 3.8) is 0 Å². The van der Waals surface area contributed by atoms with E-state index >= 15 is 0 Å². The first-order chi connectivity index (χ1) is 8.66. The monoisotopic (exact) mass is 269 g/mol. The second-order valence-electron chi connectivity index (χ2n) is 4.67. The third-order valence-electron chi connectivity index (χ3n) is 3.44. The summed E-state index contributed by atoms with van der Waals surface area (Å²) < 4.78 is 5.29. The van der Waals surface area contributed by atoms with Gasteiger partial charge in [0.1, 0.15) is 11.3 Å². The van der Waals surface area contributed by atoms with Crippen molar-refractivity contribution >= 4 is 17.7 Å². The summed E-state index contributed by atoms with van der Waals surface area (Å²) in [5.41, 5.74) is -0.713. The molecule has 1 aliphatic carbocycles. The van der Waals surface area contributed by atoms with E-state index in [1.54, 1.807) is 18.0 Å². The molecule has 5 heteroatoms. The molecule has 4 nitrogen and oxygen atoms in total. The van der Waals surface area contributed by atoms with Crippen LogP contribution in [0.25, 0.3) is 0 Å². The van der Waals surface area contributed by atoms with Crippen molar-refractivity contribution in [3.8, 4) is 0 Å². The van der Waals surface area contributed by atoms with Crippen LogP contribution < -0.4 is 5.32 Å². The van der Waals surface area contributed by atoms with E-state index in [1.807, 2.05) is 19.1 Å². The van der Waals surface area contributed by atoms with Gasteiger partial charge in [0.15, 0.2) is 0 Å². The Morgan fingerprint density at radius 2 is 2.56 bits per heavy atom. The molecule has 0 bridgehead atoms. The van der Waals surface area contributed by atoms with Crippen LogP contribution in [0, 0.1) is 0 Å². The molecule has 1 fully saturated rings. The van der Waals surface area contributed by atoms with Gasteiger partial charge in [-0.2, -0.15) is 11.8 Å². The molecule has 2 atom stereocenters. The molecule has 2 rings (SSSR count).